The molecular formula is C13H24N2O3. The van der Waals surface area contributed by atoms with E-state index >= 15 is 0 Å². The zero-order valence-corrected chi connectivity index (χ0v) is 11.1. The van der Waals surface area contributed by atoms with E-state index in [-0.39, 0.29) is 17.9 Å². The van der Waals surface area contributed by atoms with E-state index in [9.17, 15) is 9.59 Å². The predicted molar refractivity (Wildman–Crippen MR) is 69.0 cm³/mol. The Morgan fingerprint density at radius 3 is 2.56 bits per heavy atom. The molecule has 1 saturated carbocycles. The first-order chi connectivity index (χ1) is 8.41. The summed E-state index contributed by atoms with van der Waals surface area (Å²) in [6.45, 7) is 2.61. The lowest BCUT2D eigenvalue weighted by molar-refractivity contribution is -0.137. The van der Waals surface area contributed by atoms with Crippen LogP contribution in [0.3, 0.4) is 0 Å². The van der Waals surface area contributed by atoms with Crippen molar-refractivity contribution in [2.45, 2.75) is 57.4 Å². The number of hydrogen-bond donors (Lipinski definition) is 3. The van der Waals surface area contributed by atoms with Crippen LogP contribution in [0.15, 0.2) is 0 Å². The molecule has 5 nitrogen and oxygen atoms in total. The van der Waals surface area contributed by atoms with Gasteiger partial charge in [-0.15, -0.1) is 0 Å². The van der Waals surface area contributed by atoms with Gasteiger partial charge in [0.05, 0.1) is 0 Å². The summed E-state index contributed by atoms with van der Waals surface area (Å²) in [5.41, 5.74) is 5.73. The van der Waals surface area contributed by atoms with Crippen molar-refractivity contribution in [3.8, 4) is 0 Å². The first-order valence-corrected chi connectivity index (χ1v) is 6.69. The summed E-state index contributed by atoms with van der Waals surface area (Å²) >= 11 is 0. The maximum Gasteiger partial charge on any atom is 0.303 e. The first-order valence-electron chi connectivity index (χ1n) is 6.69. The van der Waals surface area contributed by atoms with Gasteiger partial charge in [0.25, 0.3) is 0 Å². The number of carbonyl (C=O) groups is 2. The van der Waals surface area contributed by atoms with Gasteiger partial charge in [0.2, 0.25) is 5.91 Å². The largest absolute Gasteiger partial charge is 0.481 e. The highest BCUT2D eigenvalue weighted by Crippen LogP contribution is 2.31. The van der Waals surface area contributed by atoms with Gasteiger partial charge >= 0.3 is 5.97 Å². The molecule has 1 fully saturated rings. The molecule has 1 aliphatic carbocycles. The third-order valence-corrected chi connectivity index (χ3v) is 3.67. The van der Waals surface area contributed by atoms with Gasteiger partial charge in [0, 0.05) is 24.9 Å². The minimum Gasteiger partial charge on any atom is -0.481 e. The lowest BCUT2D eigenvalue weighted by Crippen LogP contribution is -2.50. The summed E-state index contributed by atoms with van der Waals surface area (Å²) in [6.07, 6.45) is 5.08. The zero-order valence-electron chi connectivity index (χ0n) is 11.1. The Morgan fingerprint density at radius 1 is 1.39 bits per heavy atom. The van der Waals surface area contributed by atoms with E-state index in [1.165, 1.54) is 0 Å². The van der Waals surface area contributed by atoms with Crippen LogP contribution in [-0.4, -0.2) is 29.1 Å². The lowest BCUT2D eigenvalue weighted by atomic mass is 9.75. The van der Waals surface area contributed by atoms with E-state index in [2.05, 4.69) is 5.32 Å². The number of hydrogen-bond acceptors (Lipinski definition) is 3. The molecular weight excluding hydrogens is 232 g/mol. The second-order valence-electron chi connectivity index (χ2n) is 5.57. The molecule has 0 spiro atoms. The topological polar surface area (TPSA) is 92.4 Å². The third kappa shape index (κ3) is 5.49. The number of carboxylic acids is 1. The number of aliphatic carboxylic acids is 1. The summed E-state index contributed by atoms with van der Waals surface area (Å²) < 4.78 is 0. The van der Waals surface area contributed by atoms with Gasteiger partial charge in [0.1, 0.15) is 0 Å². The normalized spacial score (nSPS) is 18.8. The van der Waals surface area contributed by atoms with E-state index in [0.717, 1.165) is 25.7 Å². The molecule has 0 aliphatic heterocycles. The number of nitrogens with two attached hydrogens (primary N) is 1. The maximum absolute atomic E-state index is 11.6. The lowest BCUT2D eigenvalue weighted by Gasteiger charge is -2.37. The van der Waals surface area contributed by atoms with E-state index in [4.69, 9.17) is 10.8 Å². The fraction of sp³-hybridized carbons (Fsp3) is 0.846. The molecule has 18 heavy (non-hydrogen) atoms. The quantitative estimate of drug-likeness (QED) is 0.609. The van der Waals surface area contributed by atoms with Crippen molar-refractivity contribution in [1.82, 2.24) is 5.32 Å². The van der Waals surface area contributed by atoms with Gasteiger partial charge in [0.15, 0.2) is 0 Å². The Morgan fingerprint density at radius 2 is 2.06 bits per heavy atom. The Kier molecular flexibility index (Phi) is 5.59. The van der Waals surface area contributed by atoms with Crippen molar-refractivity contribution in [3.63, 3.8) is 0 Å². The molecule has 4 N–H and O–H groups in total. The molecule has 1 amide bonds. The van der Waals surface area contributed by atoms with E-state index in [1.807, 2.05) is 6.92 Å². The highest BCUT2D eigenvalue weighted by Gasteiger charge is 2.34. The Hall–Kier alpha value is -1.10. The van der Waals surface area contributed by atoms with Crippen LogP contribution in [-0.2, 0) is 9.59 Å². The van der Waals surface area contributed by atoms with Gasteiger partial charge in [-0.1, -0.05) is 6.92 Å². The average Bonchev–Trinajstić information content (AvgIpc) is 2.24. The second kappa shape index (κ2) is 6.73. The van der Waals surface area contributed by atoms with Crippen molar-refractivity contribution in [2.75, 3.05) is 6.54 Å². The molecule has 0 heterocycles. The summed E-state index contributed by atoms with van der Waals surface area (Å²) in [4.78, 5) is 22.0. The highest BCUT2D eigenvalue weighted by molar-refractivity contribution is 5.77. The SMILES string of the molecule is CC(CCNC(=O)CC1(N)CCC1)CCC(=O)O. The molecule has 0 aromatic rings. The van der Waals surface area contributed by atoms with Crippen LogP contribution < -0.4 is 11.1 Å². The second-order valence-corrected chi connectivity index (χ2v) is 5.57. The molecule has 0 bridgehead atoms. The van der Waals surface area contributed by atoms with Crippen molar-refractivity contribution in [3.05, 3.63) is 0 Å². The van der Waals surface area contributed by atoms with Crippen molar-refractivity contribution < 1.29 is 14.7 Å². The van der Waals surface area contributed by atoms with Crippen molar-refractivity contribution in [2.24, 2.45) is 11.7 Å². The van der Waals surface area contributed by atoms with E-state index in [0.29, 0.717) is 25.3 Å². The monoisotopic (exact) mass is 256 g/mol. The van der Waals surface area contributed by atoms with Crippen LogP contribution in [0.1, 0.15) is 51.9 Å². The number of rotatable bonds is 8. The van der Waals surface area contributed by atoms with E-state index in [1.54, 1.807) is 0 Å². The number of carboxylic acid groups (broad SMARTS) is 1. The average molecular weight is 256 g/mol. The fourth-order valence-corrected chi connectivity index (χ4v) is 2.16. The van der Waals surface area contributed by atoms with Crippen molar-refractivity contribution in [1.29, 1.82) is 0 Å². The molecule has 0 saturated heterocycles. The predicted octanol–water partition coefficient (Wildman–Crippen LogP) is 1.27. The van der Waals surface area contributed by atoms with Gasteiger partial charge < -0.3 is 16.2 Å². The molecule has 1 rings (SSSR count). The molecule has 1 unspecified atom stereocenters. The van der Waals surface area contributed by atoms with Gasteiger partial charge in [-0.25, -0.2) is 0 Å². The molecule has 1 aliphatic rings. The minimum atomic E-state index is -0.763. The number of nitrogens with one attached hydrogen (secondary N) is 1. The highest BCUT2D eigenvalue weighted by atomic mass is 16.4. The van der Waals surface area contributed by atoms with Crippen LogP contribution in [0.5, 0.6) is 0 Å². The third-order valence-electron chi connectivity index (χ3n) is 3.67. The van der Waals surface area contributed by atoms with Crippen molar-refractivity contribution >= 4 is 11.9 Å². The van der Waals surface area contributed by atoms with Gasteiger partial charge in [-0.05, 0) is 38.0 Å². The maximum atomic E-state index is 11.6. The van der Waals surface area contributed by atoms with Crippen LogP contribution in [0, 0.1) is 5.92 Å². The first kappa shape index (κ1) is 15.0. The van der Waals surface area contributed by atoms with E-state index < -0.39 is 5.97 Å². The Balaban J connectivity index is 2.06. The summed E-state index contributed by atoms with van der Waals surface area (Å²) in [6, 6.07) is 0. The summed E-state index contributed by atoms with van der Waals surface area (Å²) in [5.74, 6) is -0.430. The van der Waals surface area contributed by atoms with Gasteiger partial charge in [-0.2, -0.15) is 0 Å². The molecule has 5 heteroatoms. The standard InChI is InChI=1S/C13H24N2O3/c1-10(3-4-12(17)18)5-8-15-11(16)9-13(14)6-2-7-13/h10H,2-9,14H2,1H3,(H,15,16)(H,17,18). The fourth-order valence-electron chi connectivity index (χ4n) is 2.16. The molecule has 0 aromatic carbocycles. The smallest absolute Gasteiger partial charge is 0.303 e. The zero-order chi connectivity index (χ0) is 13.6. The number of carbonyl (C=O) groups excluding carboxylic acids is 1. The molecule has 0 radical (unpaired) electrons. The van der Waals surface area contributed by atoms with Gasteiger partial charge in [-0.3, -0.25) is 9.59 Å². The van der Waals surface area contributed by atoms with Crippen LogP contribution in [0.4, 0.5) is 0 Å². The molecule has 1 atom stereocenters. The molecule has 104 valence electrons. The minimum absolute atomic E-state index is 0.0163. The van der Waals surface area contributed by atoms with Crippen LogP contribution in [0.25, 0.3) is 0 Å². The summed E-state index contributed by atoms with van der Waals surface area (Å²) in [5, 5.41) is 11.4. The number of amides is 1. The molecule has 0 aromatic heterocycles. The Labute approximate surface area is 108 Å². The Bertz CT molecular complexity index is 301. The van der Waals surface area contributed by atoms with Crippen LogP contribution in [0.2, 0.25) is 0 Å². The van der Waals surface area contributed by atoms with Crippen LogP contribution >= 0.6 is 0 Å². The summed E-state index contributed by atoms with van der Waals surface area (Å²) in [7, 11) is 0.